The highest BCUT2D eigenvalue weighted by Gasteiger charge is 2.22. The van der Waals surface area contributed by atoms with Crippen molar-refractivity contribution in [3.8, 4) is 0 Å². The molecule has 0 aromatic carbocycles. The van der Waals surface area contributed by atoms with Crippen molar-refractivity contribution < 1.29 is 0 Å². The minimum absolute atomic E-state index is 0.941. The van der Waals surface area contributed by atoms with Crippen molar-refractivity contribution in [2.24, 2.45) is 0 Å². The van der Waals surface area contributed by atoms with E-state index in [1.54, 1.807) is 0 Å². The Labute approximate surface area is 96.6 Å². The zero-order chi connectivity index (χ0) is 11.0. The van der Waals surface area contributed by atoms with Crippen LogP contribution in [-0.2, 0) is 13.0 Å². The third kappa shape index (κ3) is 1.61. The van der Waals surface area contributed by atoms with Crippen LogP contribution in [-0.4, -0.2) is 29.3 Å². The third-order valence-electron chi connectivity index (χ3n) is 3.64. The van der Waals surface area contributed by atoms with Crippen molar-refractivity contribution in [1.82, 2.24) is 15.0 Å². The number of hydrogen-bond donors (Lipinski definition) is 1. The SMILES string of the molecule is Cc1nc2c(n1N1CCCCC1)CCNC2. The van der Waals surface area contributed by atoms with Gasteiger partial charge in [-0.05, 0) is 26.2 Å². The number of imidazole rings is 1. The normalized spacial score (nSPS) is 20.9. The van der Waals surface area contributed by atoms with Crippen LogP contribution < -0.4 is 10.3 Å². The van der Waals surface area contributed by atoms with E-state index < -0.39 is 0 Å². The Bertz CT molecular complexity index is 377. The summed E-state index contributed by atoms with van der Waals surface area (Å²) in [4.78, 5) is 4.69. The Hall–Kier alpha value is -1.03. The topological polar surface area (TPSA) is 33.1 Å². The Morgan fingerprint density at radius 2 is 2.00 bits per heavy atom. The van der Waals surface area contributed by atoms with E-state index in [2.05, 4.69) is 26.9 Å². The van der Waals surface area contributed by atoms with Gasteiger partial charge in [-0.2, -0.15) is 0 Å². The van der Waals surface area contributed by atoms with Crippen molar-refractivity contribution in [3.63, 3.8) is 0 Å². The summed E-state index contributed by atoms with van der Waals surface area (Å²) < 4.78 is 2.38. The van der Waals surface area contributed by atoms with Crippen molar-refractivity contribution in [2.45, 2.75) is 39.2 Å². The second-order valence-electron chi connectivity index (χ2n) is 4.81. The fourth-order valence-corrected chi connectivity index (χ4v) is 2.88. The summed E-state index contributed by atoms with van der Waals surface area (Å²) in [6.45, 7) is 6.55. The molecule has 1 fully saturated rings. The van der Waals surface area contributed by atoms with E-state index in [1.807, 2.05) is 0 Å². The van der Waals surface area contributed by atoms with E-state index in [0.29, 0.717) is 0 Å². The van der Waals surface area contributed by atoms with Gasteiger partial charge in [0.1, 0.15) is 5.82 Å². The van der Waals surface area contributed by atoms with Crippen LogP contribution in [0, 0.1) is 6.92 Å². The predicted octanol–water partition coefficient (Wildman–Crippen LogP) is 0.959. The fourth-order valence-electron chi connectivity index (χ4n) is 2.88. The Morgan fingerprint density at radius 1 is 1.19 bits per heavy atom. The maximum Gasteiger partial charge on any atom is 0.125 e. The first kappa shape index (κ1) is 10.1. The van der Waals surface area contributed by atoms with Crippen molar-refractivity contribution in [3.05, 3.63) is 17.2 Å². The lowest BCUT2D eigenvalue weighted by Crippen LogP contribution is -2.41. The third-order valence-corrected chi connectivity index (χ3v) is 3.64. The van der Waals surface area contributed by atoms with Crippen LogP contribution in [0.25, 0.3) is 0 Å². The summed E-state index contributed by atoms with van der Waals surface area (Å²) in [6, 6.07) is 0. The highest BCUT2D eigenvalue weighted by Crippen LogP contribution is 2.18. The smallest absolute Gasteiger partial charge is 0.125 e. The highest BCUT2D eigenvalue weighted by atomic mass is 15.6. The van der Waals surface area contributed by atoms with E-state index in [4.69, 9.17) is 0 Å². The van der Waals surface area contributed by atoms with Gasteiger partial charge in [-0.15, -0.1) is 0 Å². The molecule has 4 heteroatoms. The predicted molar refractivity (Wildman–Crippen MR) is 64.2 cm³/mol. The standard InChI is InChI=1S/C12H20N4/c1-10-14-11-9-13-6-5-12(11)16(10)15-7-3-2-4-8-15/h13H,2-9H2,1H3. The monoisotopic (exact) mass is 220 g/mol. The summed E-state index contributed by atoms with van der Waals surface area (Å²) in [7, 11) is 0. The van der Waals surface area contributed by atoms with Crippen molar-refractivity contribution >= 4 is 0 Å². The number of nitrogens with one attached hydrogen (secondary N) is 1. The van der Waals surface area contributed by atoms with Crippen molar-refractivity contribution in [2.75, 3.05) is 24.6 Å². The maximum absolute atomic E-state index is 4.69. The largest absolute Gasteiger partial charge is 0.311 e. The van der Waals surface area contributed by atoms with Gasteiger partial charge in [-0.25, -0.2) is 9.66 Å². The number of hydrogen-bond acceptors (Lipinski definition) is 3. The molecule has 0 spiro atoms. The summed E-state index contributed by atoms with van der Waals surface area (Å²) in [5, 5.41) is 5.87. The molecule has 3 heterocycles. The molecule has 88 valence electrons. The molecule has 16 heavy (non-hydrogen) atoms. The number of rotatable bonds is 1. The van der Waals surface area contributed by atoms with E-state index in [-0.39, 0.29) is 0 Å². The molecule has 4 nitrogen and oxygen atoms in total. The molecule has 2 aliphatic heterocycles. The fraction of sp³-hybridized carbons (Fsp3) is 0.750. The summed E-state index contributed by atoms with van der Waals surface area (Å²) in [5.74, 6) is 1.16. The van der Waals surface area contributed by atoms with Gasteiger partial charge in [0.05, 0.1) is 11.4 Å². The molecule has 0 bridgehead atoms. The first-order valence-electron chi connectivity index (χ1n) is 6.39. The minimum atomic E-state index is 0.941. The summed E-state index contributed by atoms with van der Waals surface area (Å²) in [6.07, 6.45) is 5.15. The number of aromatic nitrogens is 2. The highest BCUT2D eigenvalue weighted by molar-refractivity contribution is 5.22. The Balaban J connectivity index is 1.95. The van der Waals surface area contributed by atoms with Crippen molar-refractivity contribution in [1.29, 1.82) is 0 Å². The average molecular weight is 220 g/mol. The molecule has 0 atom stereocenters. The molecular weight excluding hydrogens is 200 g/mol. The van der Waals surface area contributed by atoms with Crippen LogP contribution in [0.3, 0.4) is 0 Å². The second-order valence-corrected chi connectivity index (χ2v) is 4.81. The summed E-state index contributed by atoms with van der Waals surface area (Å²) in [5.41, 5.74) is 2.70. The quantitative estimate of drug-likeness (QED) is 0.765. The lowest BCUT2D eigenvalue weighted by Gasteiger charge is -2.32. The second kappa shape index (κ2) is 4.09. The van der Waals surface area contributed by atoms with Crippen LogP contribution in [0.2, 0.25) is 0 Å². The minimum Gasteiger partial charge on any atom is -0.311 e. The van der Waals surface area contributed by atoms with E-state index in [0.717, 1.165) is 25.3 Å². The molecule has 2 aliphatic rings. The van der Waals surface area contributed by atoms with Gasteiger partial charge < -0.3 is 10.3 Å². The molecule has 3 rings (SSSR count). The average Bonchev–Trinajstić information content (AvgIpc) is 2.66. The maximum atomic E-state index is 4.69. The first-order valence-corrected chi connectivity index (χ1v) is 6.39. The molecule has 0 unspecified atom stereocenters. The molecule has 1 aromatic heterocycles. The van der Waals surface area contributed by atoms with Crippen LogP contribution >= 0.6 is 0 Å². The van der Waals surface area contributed by atoms with Crippen LogP contribution in [0.5, 0.6) is 0 Å². The van der Waals surface area contributed by atoms with Crippen LogP contribution in [0.1, 0.15) is 36.5 Å². The van der Waals surface area contributed by atoms with Crippen LogP contribution in [0.15, 0.2) is 0 Å². The van der Waals surface area contributed by atoms with Gasteiger partial charge in [0.2, 0.25) is 0 Å². The molecule has 0 saturated carbocycles. The molecular formula is C12H20N4. The zero-order valence-corrected chi connectivity index (χ0v) is 10.00. The van der Waals surface area contributed by atoms with Crippen LogP contribution in [0.4, 0.5) is 0 Å². The van der Waals surface area contributed by atoms with Gasteiger partial charge in [0.15, 0.2) is 0 Å². The van der Waals surface area contributed by atoms with E-state index >= 15 is 0 Å². The number of fused-ring (bicyclic) bond motifs is 1. The Morgan fingerprint density at radius 3 is 2.81 bits per heavy atom. The van der Waals surface area contributed by atoms with Gasteiger partial charge in [-0.1, -0.05) is 0 Å². The number of piperidine rings is 1. The van der Waals surface area contributed by atoms with E-state index in [9.17, 15) is 0 Å². The lowest BCUT2D eigenvalue weighted by atomic mass is 10.1. The first-order chi connectivity index (χ1) is 7.86. The van der Waals surface area contributed by atoms with E-state index in [1.165, 1.54) is 43.7 Å². The number of aryl methyl sites for hydroxylation is 1. The Kier molecular flexibility index (Phi) is 2.59. The van der Waals surface area contributed by atoms with Gasteiger partial charge in [0.25, 0.3) is 0 Å². The number of nitrogens with zero attached hydrogens (tertiary/aromatic N) is 3. The molecule has 1 N–H and O–H groups in total. The molecule has 0 radical (unpaired) electrons. The van der Waals surface area contributed by atoms with Gasteiger partial charge in [-0.3, -0.25) is 0 Å². The van der Waals surface area contributed by atoms with Gasteiger partial charge >= 0.3 is 0 Å². The molecule has 1 saturated heterocycles. The molecule has 0 amide bonds. The zero-order valence-electron chi connectivity index (χ0n) is 10.00. The summed E-state index contributed by atoms with van der Waals surface area (Å²) >= 11 is 0. The lowest BCUT2D eigenvalue weighted by molar-refractivity contribution is 0.457. The van der Waals surface area contributed by atoms with Gasteiger partial charge in [0, 0.05) is 32.6 Å². The molecule has 0 aliphatic carbocycles. The molecule has 1 aromatic rings.